The number of hydrogen-bond donors (Lipinski definition) is 1. The molecule has 134 valence electrons. The van der Waals surface area contributed by atoms with Crippen LogP contribution in [-0.4, -0.2) is 52.0 Å². The summed E-state index contributed by atoms with van der Waals surface area (Å²) in [6.45, 7) is 7.55. The molecule has 4 rings (SSSR count). The van der Waals surface area contributed by atoms with Gasteiger partial charge in [-0.3, -0.25) is 4.98 Å². The fraction of sp³-hybridized carbons (Fsp3) is 0.611. The van der Waals surface area contributed by atoms with E-state index in [0.717, 1.165) is 48.8 Å². The Labute approximate surface area is 152 Å². The normalized spacial score (nSPS) is 17.8. The maximum Gasteiger partial charge on any atom is 0.236 e. The van der Waals surface area contributed by atoms with E-state index in [1.807, 2.05) is 24.9 Å². The molecule has 4 heterocycles. The van der Waals surface area contributed by atoms with Crippen LogP contribution in [0.3, 0.4) is 0 Å². The molecule has 6 nitrogen and oxygen atoms in total. The molecule has 0 bridgehead atoms. The smallest absolute Gasteiger partial charge is 0.236 e. The van der Waals surface area contributed by atoms with E-state index in [-0.39, 0.29) is 0 Å². The van der Waals surface area contributed by atoms with E-state index < -0.39 is 0 Å². The minimum Gasteiger partial charge on any atom is -0.338 e. The van der Waals surface area contributed by atoms with E-state index >= 15 is 0 Å². The highest BCUT2D eigenvalue weighted by atomic mass is 32.2. The fourth-order valence-corrected chi connectivity index (χ4v) is 4.47. The topological polar surface area (TPSA) is 67.1 Å². The Balaban J connectivity index is 1.41. The lowest BCUT2D eigenvalue weighted by atomic mass is 9.95. The average Bonchev–Trinajstić information content (AvgIpc) is 3.30. The zero-order valence-electron chi connectivity index (χ0n) is 14.8. The number of fused-ring (bicyclic) bond motifs is 1. The molecule has 0 saturated carbocycles. The number of nitrogens with zero attached hydrogens (tertiary/aromatic N) is 4. The van der Waals surface area contributed by atoms with Crippen LogP contribution in [0, 0.1) is 6.92 Å². The van der Waals surface area contributed by atoms with Gasteiger partial charge in [-0.2, -0.15) is 16.7 Å². The number of aryl methyl sites for hydroxylation is 1. The lowest BCUT2D eigenvalue weighted by Crippen LogP contribution is -2.24. The van der Waals surface area contributed by atoms with Gasteiger partial charge < -0.3 is 14.7 Å². The summed E-state index contributed by atoms with van der Waals surface area (Å²) in [5.41, 5.74) is 4.62. The molecule has 25 heavy (non-hydrogen) atoms. The van der Waals surface area contributed by atoms with Gasteiger partial charge in [0.25, 0.3) is 0 Å². The number of hydrogen-bond acceptors (Lipinski definition) is 7. The Kier molecular flexibility index (Phi) is 5.33. The van der Waals surface area contributed by atoms with Crippen LogP contribution >= 0.6 is 11.8 Å². The largest absolute Gasteiger partial charge is 0.338 e. The highest BCUT2D eigenvalue weighted by molar-refractivity contribution is 7.98. The van der Waals surface area contributed by atoms with Crippen molar-refractivity contribution in [2.75, 3.05) is 31.9 Å². The molecule has 7 heteroatoms. The lowest BCUT2D eigenvalue weighted by Gasteiger charge is -2.19. The summed E-state index contributed by atoms with van der Waals surface area (Å²) in [6, 6.07) is 0. The Morgan fingerprint density at radius 2 is 2.20 bits per heavy atom. The second-order valence-electron chi connectivity index (χ2n) is 6.76. The maximum absolute atomic E-state index is 5.50. The molecule has 0 aliphatic carbocycles. The van der Waals surface area contributed by atoms with Crippen molar-refractivity contribution >= 4 is 11.8 Å². The summed E-state index contributed by atoms with van der Waals surface area (Å²) in [6.07, 6.45) is 5.65. The van der Waals surface area contributed by atoms with Gasteiger partial charge in [-0.25, -0.2) is 0 Å². The summed E-state index contributed by atoms with van der Waals surface area (Å²) in [4.78, 5) is 11.7. The van der Waals surface area contributed by atoms with Gasteiger partial charge in [0.05, 0.1) is 5.75 Å². The first-order chi connectivity index (χ1) is 12.3. The molecule has 1 N–H and O–H groups in total. The third-order valence-electron chi connectivity index (χ3n) is 5.00. The van der Waals surface area contributed by atoms with Crippen molar-refractivity contribution in [3.8, 4) is 11.4 Å². The summed E-state index contributed by atoms with van der Waals surface area (Å²) in [5, 5.41) is 7.63. The monoisotopic (exact) mass is 359 g/mol. The van der Waals surface area contributed by atoms with Crippen molar-refractivity contribution in [3.63, 3.8) is 0 Å². The molecular weight excluding hydrogens is 334 g/mol. The Hall–Kier alpha value is -1.44. The van der Waals surface area contributed by atoms with Crippen molar-refractivity contribution in [2.24, 2.45) is 0 Å². The van der Waals surface area contributed by atoms with Crippen LogP contribution in [-0.2, 0) is 18.7 Å². The molecule has 2 aliphatic rings. The predicted octanol–water partition coefficient (Wildman–Crippen LogP) is 2.41. The Morgan fingerprint density at radius 1 is 1.32 bits per heavy atom. The molecule has 0 unspecified atom stereocenters. The van der Waals surface area contributed by atoms with Gasteiger partial charge in [-0.15, -0.1) is 0 Å². The van der Waals surface area contributed by atoms with Gasteiger partial charge in [-0.1, -0.05) is 5.16 Å². The van der Waals surface area contributed by atoms with E-state index in [2.05, 4.69) is 25.3 Å². The summed E-state index contributed by atoms with van der Waals surface area (Å²) < 4.78 is 5.50. The fourth-order valence-electron chi connectivity index (χ4n) is 3.64. The van der Waals surface area contributed by atoms with E-state index in [1.54, 1.807) is 0 Å². The van der Waals surface area contributed by atoms with Gasteiger partial charge in [-0.05, 0) is 56.9 Å². The van der Waals surface area contributed by atoms with E-state index in [4.69, 9.17) is 4.52 Å². The quantitative estimate of drug-likeness (QED) is 0.795. The van der Waals surface area contributed by atoms with Crippen LogP contribution in [0.4, 0.5) is 0 Å². The maximum atomic E-state index is 5.50. The minimum absolute atomic E-state index is 0.693. The zero-order chi connectivity index (χ0) is 17.1. The van der Waals surface area contributed by atoms with Crippen molar-refractivity contribution in [3.05, 3.63) is 28.9 Å². The molecule has 0 aromatic carbocycles. The molecular formula is C18H25N5OS. The van der Waals surface area contributed by atoms with E-state index in [1.165, 1.54) is 37.1 Å². The molecule has 1 saturated heterocycles. The van der Waals surface area contributed by atoms with Gasteiger partial charge in [0.1, 0.15) is 0 Å². The second-order valence-corrected chi connectivity index (χ2v) is 7.87. The molecule has 0 amide bonds. The second kappa shape index (κ2) is 7.85. The number of pyridine rings is 1. The van der Waals surface area contributed by atoms with Crippen LogP contribution in [0.25, 0.3) is 11.4 Å². The first kappa shape index (κ1) is 17.0. The number of likely N-dealkylation sites (tertiary alicyclic amines) is 1. The highest BCUT2D eigenvalue weighted by Gasteiger charge is 2.21. The first-order valence-corrected chi connectivity index (χ1v) is 10.3. The van der Waals surface area contributed by atoms with Crippen molar-refractivity contribution in [1.82, 2.24) is 25.3 Å². The molecule has 2 aromatic heterocycles. The van der Waals surface area contributed by atoms with Gasteiger partial charge in [0, 0.05) is 36.3 Å². The standard InChI is InChI=1S/C18H25N5OS/c1-13-17(15-4-5-19-10-14(15)11-20-13)18-21-16(24-22-18)12-25-9-8-23-6-2-3-7-23/h11,19H,2-10,12H2,1H3. The van der Waals surface area contributed by atoms with Crippen LogP contribution in [0.1, 0.15) is 35.6 Å². The summed E-state index contributed by atoms with van der Waals surface area (Å²) in [7, 11) is 0. The van der Waals surface area contributed by atoms with Crippen LogP contribution < -0.4 is 5.32 Å². The molecule has 2 aliphatic heterocycles. The predicted molar refractivity (Wildman–Crippen MR) is 99.5 cm³/mol. The Bertz CT molecular complexity index is 726. The minimum atomic E-state index is 0.693. The lowest BCUT2D eigenvalue weighted by molar-refractivity contribution is 0.361. The van der Waals surface area contributed by atoms with Crippen molar-refractivity contribution in [2.45, 2.75) is 38.5 Å². The molecule has 0 spiro atoms. The van der Waals surface area contributed by atoms with Crippen LogP contribution in [0.5, 0.6) is 0 Å². The molecule has 2 aromatic rings. The zero-order valence-corrected chi connectivity index (χ0v) is 15.6. The van der Waals surface area contributed by atoms with Gasteiger partial charge >= 0.3 is 0 Å². The number of thioether (sulfide) groups is 1. The molecule has 0 radical (unpaired) electrons. The summed E-state index contributed by atoms with van der Waals surface area (Å²) >= 11 is 1.87. The molecule has 0 atom stereocenters. The third kappa shape index (κ3) is 3.88. The molecule has 1 fully saturated rings. The number of rotatable bonds is 6. The van der Waals surface area contributed by atoms with E-state index in [9.17, 15) is 0 Å². The number of aromatic nitrogens is 3. The SMILES string of the molecule is Cc1ncc2c(c1-c1noc(CSCCN3CCCC3)n1)CCNC2. The Morgan fingerprint density at radius 3 is 3.08 bits per heavy atom. The first-order valence-electron chi connectivity index (χ1n) is 9.12. The van der Waals surface area contributed by atoms with Gasteiger partial charge in [0.15, 0.2) is 0 Å². The summed E-state index contributed by atoms with van der Waals surface area (Å²) in [5.74, 6) is 3.31. The van der Waals surface area contributed by atoms with Crippen LogP contribution in [0.15, 0.2) is 10.7 Å². The van der Waals surface area contributed by atoms with Crippen molar-refractivity contribution < 1.29 is 4.52 Å². The average molecular weight is 359 g/mol. The van der Waals surface area contributed by atoms with Crippen molar-refractivity contribution in [1.29, 1.82) is 0 Å². The van der Waals surface area contributed by atoms with Crippen LogP contribution in [0.2, 0.25) is 0 Å². The van der Waals surface area contributed by atoms with Gasteiger partial charge in [0.2, 0.25) is 11.7 Å². The third-order valence-corrected chi connectivity index (χ3v) is 5.92. The number of nitrogens with one attached hydrogen (secondary N) is 1. The highest BCUT2D eigenvalue weighted by Crippen LogP contribution is 2.29. The van der Waals surface area contributed by atoms with E-state index in [0.29, 0.717) is 11.7 Å².